The van der Waals surface area contributed by atoms with Crippen LogP contribution in [0.15, 0.2) is 206 Å². The topological polar surface area (TPSA) is 0 Å². The molecule has 9 rings (SSSR count). The van der Waals surface area contributed by atoms with Crippen LogP contribution in [0.25, 0.3) is 55.6 Å². The molecular formula is C49H34. The van der Waals surface area contributed by atoms with Crippen LogP contribution in [0, 0.1) is 0 Å². The van der Waals surface area contributed by atoms with E-state index in [2.05, 4.69) is 206 Å². The van der Waals surface area contributed by atoms with E-state index in [-0.39, 0.29) is 0 Å². The summed E-state index contributed by atoms with van der Waals surface area (Å²) < 4.78 is 0. The molecule has 0 heteroatoms. The van der Waals surface area contributed by atoms with Crippen molar-refractivity contribution in [2.75, 3.05) is 0 Å². The van der Waals surface area contributed by atoms with Gasteiger partial charge in [-0.3, -0.25) is 0 Å². The van der Waals surface area contributed by atoms with Crippen molar-refractivity contribution >= 4 is 0 Å². The maximum Gasteiger partial charge on any atom is 0.0713 e. The SMILES string of the molecule is c1ccc(-c2ccc(-c3cc(-c4ccccc4)cc(-c4cccc5c4-c4ccccc4C5(c4ccccc4)c4ccccc4)c3)cc2)cc1. The largest absolute Gasteiger partial charge is 0.0713 e. The molecule has 0 fully saturated rings. The van der Waals surface area contributed by atoms with E-state index >= 15 is 0 Å². The third-order valence-corrected chi connectivity index (χ3v) is 10.2. The van der Waals surface area contributed by atoms with Gasteiger partial charge in [-0.25, -0.2) is 0 Å². The molecule has 8 aromatic rings. The monoisotopic (exact) mass is 622 g/mol. The molecule has 0 saturated heterocycles. The van der Waals surface area contributed by atoms with Crippen LogP contribution in [0.4, 0.5) is 0 Å². The molecular weight excluding hydrogens is 589 g/mol. The highest BCUT2D eigenvalue weighted by atomic mass is 14.5. The molecule has 0 bridgehead atoms. The quantitative estimate of drug-likeness (QED) is 0.173. The number of rotatable bonds is 6. The van der Waals surface area contributed by atoms with Crippen LogP contribution in [-0.4, -0.2) is 0 Å². The molecule has 1 aliphatic carbocycles. The predicted octanol–water partition coefficient (Wildman–Crippen LogP) is 12.7. The van der Waals surface area contributed by atoms with Crippen LogP contribution in [-0.2, 0) is 5.41 Å². The molecule has 49 heavy (non-hydrogen) atoms. The summed E-state index contributed by atoms with van der Waals surface area (Å²) in [7, 11) is 0. The molecule has 230 valence electrons. The van der Waals surface area contributed by atoms with Crippen LogP contribution in [0.1, 0.15) is 22.3 Å². The predicted molar refractivity (Wildman–Crippen MR) is 205 cm³/mol. The van der Waals surface area contributed by atoms with E-state index in [9.17, 15) is 0 Å². The van der Waals surface area contributed by atoms with Gasteiger partial charge in [-0.1, -0.05) is 188 Å². The normalized spacial score (nSPS) is 12.7. The fourth-order valence-electron chi connectivity index (χ4n) is 7.97. The lowest BCUT2D eigenvalue weighted by Gasteiger charge is -2.34. The molecule has 0 nitrogen and oxygen atoms in total. The van der Waals surface area contributed by atoms with E-state index in [1.54, 1.807) is 0 Å². The first-order valence-corrected chi connectivity index (χ1v) is 17.0. The zero-order valence-corrected chi connectivity index (χ0v) is 27.1. The Morgan fingerprint density at radius 3 is 1.20 bits per heavy atom. The van der Waals surface area contributed by atoms with Crippen molar-refractivity contribution in [3.63, 3.8) is 0 Å². The number of hydrogen-bond donors (Lipinski definition) is 0. The second-order valence-corrected chi connectivity index (χ2v) is 12.9. The van der Waals surface area contributed by atoms with Crippen molar-refractivity contribution in [1.82, 2.24) is 0 Å². The van der Waals surface area contributed by atoms with Crippen LogP contribution < -0.4 is 0 Å². The average molecular weight is 623 g/mol. The van der Waals surface area contributed by atoms with Crippen LogP contribution in [0.5, 0.6) is 0 Å². The lowest BCUT2D eigenvalue weighted by atomic mass is 9.67. The first kappa shape index (κ1) is 28.9. The molecule has 0 unspecified atom stereocenters. The van der Waals surface area contributed by atoms with Gasteiger partial charge in [0.2, 0.25) is 0 Å². The lowest BCUT2D eigenvalue weighted by Crippen LogP contribution is -2.28. The zero-order chi connectivity index (χ0) is 32.6. The Hall–Kier alpha value is -6.24. The van der Waals surface area contributed by atoms with Crippen molar-refractivity contribution in [2.24, 2.45) is 0 Å². The smallest absolute Gasteiger partial charge is 0.0622 e. The summed E-state index contributed by atoms with van der Waals surface area (Å²) in [4.78, 5) is 0. The van der Waals surface area contributed by atoms with Gasteiger partial charge in [-0.15, -0.1) is 0 Å². The molecule has 0 aliphatic heterocycles. The van der Waals surface area contributed by atoms with E-state index in [0.29, 0.717) is 0 Å². The van der Waals surface area contributed by atoms with Gasteiger partial charge >= 0.3 is 0 Å². The lowest BCUT2D eigenvalue weighted by molar-refractivity contribution is 0.768. The zero-order valence-electron chi connectivity index (χ0n) is 27.1. The molecule has 8 aromatic carbocycles. The van der Waals surface area contributed by atoms with Crippen molar-refractivity contribution in [1.29, 1.82) is 0 Å². The summed E-state index contributed by atoms with van der Waals surface area (Å²) in [5.41, 5.74) is 17.1. The van der Waals surface area contributed by atoms with E-state index < -0.39 is 5.41 Å². The second-order valence-electron chi connectivity index (χ2n) is 12.9. The Kier molecular flexibility index (Phi) is 7.14. The summed E-state index contributed by atoms with van der Waals surface area (Å²) in [6.45, 7) is 0. The Labute approximate surface area is 288 Å². The van der Waals surface area contributed by atoms with Gasteiger partial charge in [0.1, 0.15) is 0 Å². The van der Waals surface area contributed by atoms with Gasteiger partial charge in [0.25, 0.3) is 0 Å². The van der Waals surface area contributed by atoms with Gasteiger partial charge in [0, 0.05) is 0 Å². The molecule has 0 N–H and O–H groups in total. The van der Waals surface area contributed by atoms with Crippen LogP contribution in [0.2, 0.25) is 0 Å². The Morgan fingerprint density at radius 2 is 0.633 bits per heavy atom. The Balaban J connectivity index is 1.29. The van der Waals surface area contributed by atoms with E-state index in [1.807, 2.05) is 0 Å². The molecule has 0 radical (unpaired) electrons. The standard InChI is InChI=1S/C49H34/c1-5-16-35(17-6-1)37-28-30-38(31-29-37)40-32-39(36-18-7-2-8-19-36)33-41(34-40)44-25-15-27-47-48(44)45-24-13-14-26-46(45)49(47,42-20-9-3-10-21-42)43-22-11-4-12-23-43/h1-34H. The molecule has 0 heterocycles. The van der Waals surface area contributed by atoms with Crippen molar-refractivity contribution in [3.8, 4) is 55.6 Å². The fraction of sp³-hybridized carbons (Fsp3) is 0.0204. The van der Waals surface area contributed by atoms with Crippen LogP contribution >= 0.6 is 0 Å². The van der Waals surface area contributed by atoms with E-state index in [1.165, 1.54) is 77.9 Å². The van der Waals surface area contributed by atoms with Gasteiger partial charge in [0.05, 0.1) is 5.41 Å². The summed E-state index contributed by atoms with van der Waals surface area (Å²) in [5.74, 6) is 0. The van der Waals surface area contributed by atoms with Crippen LogP contribution in [0.3, 0.4) is 0 Å². The highest BCUT2D eigenvalue weighted by molar-refractivity contribution is 5.97. The van der Waals surface area contributed by atoms with Gasteiger partial charge in [-0.05, 0) is 96.1 Å². The average Bonchev–Trinajstić information content (AvgIpc) is 3.50. The number of hydrogen-bond acceptors (Lipinski definition) is 0. The molecule has 0 amide bonds. The first-order valence-electron chi connectivity index (χ1n) is 17.0. The minimum atomic E-state index is -0.433. The maximum absolute atomic E-state index is 2.38. The van der Waals surface area contributed by atoms with Gasteiger partial charge in [-0.2, -0.15) is 0 Å². The maximum atomic E-state index is 2.38. The summed E-state index contributed by atoms with van der Waals surface area (Å²) >= 11 is 0. The van der Waals surface area contributed by atoms with Gasteiger partial charge in [0.15, 0.2) is 0 Å². The third kappa shape index (κ3) is 4.84. The minimum Gasteiger partial charge on any atom is -0.0622 e. The Morgan fingerprint density at radius 1 is 0.245 bits per heavy atom. The summed E-state index contributed by atoms with van der Waals surface area (Å²) in [6.07, 6.45) is 0. The fourth-order valence-corrected chi connectivity index (χ4v) is 7.97. The number of benzene rings is 8. The Bertz CT molecular complexity index is 2350. The van der Waals surface area contributed by atoms with Crippen molar-refractivity contribution in [2.45, 2.75) is 5.41 Å². The number of fused-ring (bicyclic) bond motifs is 3. The third-order valence-electron chi connectivity index (χ3n) is 10.2. The molecule has 0 spiro atoms. The van der Waals surface area contributed by atoms with E-state index in [4.69, 9.17) is 0 Å². The highest BCUT2D eigenvalue weighted by Crippen LogP contribution is 2.58. The highest BCUT2D eigenvalue weighted by Gasteiger charge is 2.46. The first-order chi connectivity index (χ1) is 24.3. The van der Waals surface area contributed by atoms with E-state index in [0.717, 1.165) is 0 Å². The molecule has 0 saturated carbocycles. The second kappa shape index (κ2) is 12.1. The molecule has 0 atom stereocenters. The summed E-state index contributed by atoms with van der Waals surface area (Å²) in [5, 5.41) is 0. The van der Waals surface area contributed by atoms with Crippen molar-refractivity contribution in [3.05, 3.63) is 229 Å². The molecule has 1 aliphatic rings. The van der Waals surface area contributed by atoms with Gasteiger partial charge < -0.3 is 0 Å². The minimum absolute atomic E-state index is 0.433. The van der Waals surface area contributed by atoms with Crippen molar-refractivity contribution < 1.29 is 0 Å². The molecule has 0 aromatic heterocycles. The summed E-state index contributed by atoms with van der Waals surface area (Å²) in [6, 6.07) is 75.5.